The van der Waals surface area contributed by atoms with Crippen molar-refractivity contribution in [3.63, 3.8) is 0 Å². The number of anilines is 2. The van der Waals surface area contributed by atoms with Gasteiger partial charge in [0.2, 0.25) is 11.8 Å². The topological polar surface area (TPSA) is 129 Å². The van der Waals surface area contributed by atoms with Crippen molar-refractivity contribution >= 4 is 79.9 Å². The molecular formula is C41H32Cl2F4N6O5S. The van der Waals surface area contributed by atoms with Gasteiger partial charge < -0.3 is 5.11 Å². The maximum Gasteiger partial charge on any atom is 0.433 e. The summed E-state index contributed by atoms with van der Waals surface area (Å²) in [4.78, 5) is 64.0. The van der Waals surface area contributed by atoms with Crippen LogP contribution < -0.4 is 9.91 Å². The number of halogens is 6. The highest BCUT2D eigenvalue weighted by molar-refractivity contribution is 7.22. The summed E-state index contributed by atoms with van der Waals surface area (Å²) >= 11 is 14.0. The van der Waals surface area contributed by atoms with Gasteiger partial charge in [-0.15, -0.1) is 11.3 Å². The Bertz CT molecular complexity index is 2740. The van der Waals surface area contributed by atoms with E-state index in [0.29, 0.717) is 22.4 Å². The highest BCUT2D eigenvalue weighted by Crippen LogP contribution is 2.64. The van der Waals surface area contributed by atoms with E-state index in [-0.39, 0.29) is 29.2 Å². The van der Waals surface area contributed by atoms with E-state index in [1.54, 1.807) is 32.2 Å². The lowest BCUT2D eigenvalue weighted by Crippen LogP contribution is -2.49. The SMILES string of the molecule is Cc1c(-c2cc(N3C(=O)C4CC5C(=CCC6C(=O)N(N(C)c7nc(C(F)(F)F)ccc7Cl)C(=O)C65)C(c5ccc(O)c(F)c5)C4(C)C3=O)n(C)n2)sc2ccc(Cl)cc12. The molecule has 2 saturated heterocycles. The number of alkyl halides is 3. The average Bonchev–Trinajstić information content (AvgIpc) is 3.85. The maximum absolute atomic E-state index is 15.2. The summed E-state index contributed by atoms with van der Waals surface area (Å²) < 4.78 is 58.6. The van der Waals surface area contributed by atoms with E-state index < -0.39 is 87.9 Å². The van der Waals surface area contributed by atoms with Crippen molar-refractivity contribution in [2.24, 2.45) is 36.1 Å². The molecule has 2 aromatic carbocycles. The van der Waals surface area contributed by atoms with Crippen LogP contribution in [-0.4, -0.2) is 55.6 Å². The van der Waals surface area contributed by atoms with Gasteiger partial charge in [0, 0.05) is 35.8 Å². The summed E-state index contributed by atoms with van der Waals surface area (Å²) in [6.45, 7) is 3.57. The number of aromatic nitrogens is 3. The molecule has 0 spiro atoms. The molecule has 4 aliphatic rings. The summed E-state index contributed by atoms with van der Waals surface area (Å²) in [6.07, 6.45) is -3.15. The normalized spacial score (nSPS) is 25.5. The number of hydrazine groups is 1. The van der Waals surface area contributed by atoms with Gasteiger partial charge in [0.15, 0.2) is 17.4 Å². The first kappa shape index (κ1) is 39.2. The molecule has 0 radical (unpaired) electrons. The quantitative estimate of drug-likeness (QED) is 0.106. The molecule has 18 heteroatoms. The zero-order valence-electron chi connectivity index (χ0n) is 31.5. The van der Waals surface area contributed by atoms with E-state index in [2.05, 4.69) is 4.98 Å². The predicted octanol–water partition coefficient (Wildman–Crippen LogP) is 8.46. The lowest BCUT2D eigenvalue weighted by atomic mass is 9.51. The van der Waals surface area contributed by atoms with Crippen LogP contribution in [0.1, 0.15) is 42.5 Å². The Kier molecular flexibility index (Phi) is 8.86. The van der Waals surface area contributed by atoms with Gasteiger partial charge in [0.25, 0.3) is 11.8 Å². The number of carbonyl (C=O) groups is 4. The first-order chi connectivity index (χ1) is 27.8. The number of phenols is 1. The smallest absolute Gasteiger partial charge is 0.433 e. The number of thiophene rings is 1. The van der Waals surface area contributed by atoms with Crippen molar-refractivity contribution in [2.75, 3.05) is 17.0 Å². The van der Waals surface area contributed by atoms with Crippen molar-refractivity contribution in [3.8, 4) is 16.3 Å². The number of fused-ring (bicyclic) bond motifs is 5. The van der Waals surface area contributed by atoms with Crippen LogP contribution in [0.3, 0.4) is 0 Å². The number of hydrogen-bond donors (Lipinski definition) is 1. The summed E-state index contributed by atoms with van der Waals surface area (Å²) in [6, 6.07) is 12.6. The lowest BCUT2D eigenvalue weighted by molar-refractivity contribution is -0.141. The minimum Gasteiger partial charge on any atom is -0.505 e. The number of imide groups is 2. The molecule has 9 rings (SSSR count). The highest BCUT2D eigenvalue weighted by atomic mass is 35.5. The van der Waals surface area contributed by atoms with E-state index in [0.717, 1.165) is 53.6 Å². The molecule has 11 nitrogen and oxygen atoms in total. The Morgan fingerprint density at radius 1 is 0.983 bits per heavy atom. The third-order valence-corrected chi connectivity index (χ3v) is 14.3. The molecule has 1 saturated carbocycles. The van der Waals surface area contributed by atoms with Crippen LogP contribution >= 0.6 is 34.5 Å². The Balaban J connectivity index is 1.13. The monoisotopic (exact) mass is 866 g/mol. The number of carbonyl (C=O) groups excluding carboxylic acids is 4. The molecule has 3 fully saturated rings. The van der Waals surface area contributed by atoms with E-state index in [1.807, 2.05) is 19.1 Å². The third-order valence-electron chi connectivity index (χ3n) is 12.5. The van der Waals surface area contributed by atoms with Crippen molar-refractivity contribution < 1.29 is 41.8 Å². The van der Waals surface area contributed by atoms with Gasteiger partial charge in [-0.05, 0) is 91.6 Å². The molecule has 304 valence electrons. The molecule has 0 bridgehead atoms. The fourth-order valence-corrected chi connectivity index (χ4v) is 11.3. The van der Waals surface area contributed by atoms with Crippen LogP contribution in [0, 0.1) is 41.8 Å². The molecule has 6 unspecified atom stereocenters. The molecule has 5 aromatic rings. The maximum atomic E-state index is 15.2. The van der Waals surface area contributed by atoms with E-state index >= 15 is 9.18 Å². The Hall–Kier alpha value is -5.32. The van der Waals surface area contributed by atoms with E-state index in [4.69, 9.17) is 28.3 Å². The van der Waals surface area contributed by atoms with Crippen LogP contribution in [0.2, 0.25) is 10.0 Å². The highest BCUT2D eigenvalue weighted by Gasteiger charge is 2.68. The Morgan fingerprint density at radius 3 is 2.44 bits per heavy atom. The van der Waals surface area contributed by atoms with Gasteiger partial charge >= 0.3 is 6.18 Å². The van der Waals surface area contributed by atoms with Crippen LogP contribution in [0.4, 0.5) is 29.2 Å². The number of aromatic hydroxyl groups is 1. The van der Waals surface area contributed by atoms with Gasteiger partial charge in [-0.2, -0.15) is 23.3 Å². The molecule has 2 aliphatic carbocycles. The van der Waals surface area contributed by atoms with Gasteiger partial charge in [0.05, 0.1) is 33.1 Å². The molecular weight excluding hydrogens is 835 g/mol. The zero-order chi connectivity index (χ0) is 42.2. The summed E-state index contributed by atoms with van der Waals surface area (Å²) in [7, 11) is 2.83. The van der Waals surface area contributed by atoms with Crippen molar-refractivity contribution in [1.29, 1.82) is 0 Å². The van der Waals surface area contributed by atoms with Gasteiger partial charge in [-0.3, -0.25) is 28.9 Å². The zero-order valence-corrected chi connectivity index (χ0v) is 33.8. The van der Waals surface area contributed by atoms with Crippen LogP contribution in [0.5, 0.6) is 5.75 Å². The Morgan fingerprint density at radius 2 is 1.73 bits per heavy atom. The summed E-state index contributed by atoms with van der Waals surface area (Å²) in [5, 5.41) is 17.8. The average molecular weight is 868 g/mol. The van der Waals surface area contributed by atoms with Crippen molar-refractivity contribution in [1.82, 2.24) is 19.8 Å². The van der Waals surface area contributed by atoms with Crippen molar-refractivity contribution in [3.05, 3.63) is 98.9 Å². The standard InChI is InChI=1S/C41H32Cl2F4N6O5S/c1-17-22-14-19(42)6-11-29(22)59-34(17)27-16-31(50(3)49-27)52-37(56)24-15-23-20(33(40(24,2)39(52)58)18-5-10-28(54)26(44)13-18)7-8-21-32(23)38(57)53(36(21)55)51(4)35-25(43)9-12-30(48-35)41(45,46)47/h5-7,9-14,16,21,23-24,32-33,54H,8,15H2,1-4H3. The van der Waals surface area contributed by atoms with Gasteiger partial charge in [0.1, 0.15) is 17.2 Å². The minimum atomic E-state index is -4.84. The van der Waals surface area contributed by atoms with Crippen molar-refractivity contribution in [2.45, 2.75) is 38.8 Å². The molecule has 1 N–H and O–H groups in total. The number of phenolic OH excluding ortho intramolecular Hbond substituents is 1. The van der Waals surface area contributed by atoms with E-state index in [9.17, 15) is 32.7 Å². The predicted molar refractivity (Wildman–Crippen MR) is 211 cm³/mol. The molecule has 59 heavy (non-hydrogen) atoms. The molecule has 5 heterocycles. The third kappa shape index (κ3) is 5.66. The number of benzene rings is 2. The second kappa shape index (κ2) is 13.3. The number of allylic oxidation sites excluding steroid dienone is 2. The lowest BCUT2D eigenvalue weighted by Gasteiger charge is -2.49. The van der Waals surface area contributed by atoms with E-state index in [1.165, 1.54) is 29.1 Å². The second-order valence-corrected chi connectivity index (χ2v) is 17.5. The fraction of sp³-hybridized carbons (Fsp3) is 0.317. The summed E-state index contributed by atoms with van der Waals surface area (Å²) in [5.41, 5.74) is -0.590. The van der Waals surface area contributed by atoms with Crippen LogP contribution in [-0.2, 0) is 32.4 Å². The number of amides is 4. The Labute approximate surface area is 347 Å². The number of rotatable bonds is 5. The van der Waals surface area contributed by atoms with Gasteiger partial charge in [-0.1, -0.05) is 40.9 Å². The number of hydrogen-bond acceptors (Lipinski definition) is 9. The second-order valence-electron chi connectivity index (χ2n) is 15.6. The molecule has 6 atom stereocenters. The largest absolute Gasteiger partial charge is 0.505 e. The number of aryl methyl sites for hydroxylation is 2. The number of nitrogens with zero attached hydrogens (tertiary/aromatic N) is 6. The first-order valence-electron chi connectivity index (χ1n) is 18.5. The molecule has 3 aromatic heterocycles. The minimum absolute atomic E-state index is 0.00362. The van der Waals surface area contributed by atoms with Crippen LogP contribution in [0.15, 0.2) is 66.2 Å². The van der Waals surface area contributed by atoms with Gasteiger partial charge in [-0.25, -0.2) is 14.3 Å². The number of pyridine rings is 1. The first-order valence-corrected chi connectivity index (χ1v) is 20.0. The fourth-order valence-electron chi connectivity index (χ4n) is 9.72. The van der Waals surface area contributed by atoms with Crippen LogP contribution in [0.25, 0.3) is 20.7 Å². The molecule has 2 aliphatic heterocycles. The summed E-state index contributed by atoms with van der Waals surface area (Å²) in [5.74, 6) is -9.49. The molecule has 4 amide bonds.